The lowest BCUT2D eigenvalue weighted by atomic mass is 10.2. The number of hydrogen-bond donors (Lipinski definition) is 0. The fourth-order valence-corrected chi connectivity index (χ4v) is 2.70. The van der Waals surface area contributed by atoms with Crippen LogP contribution in [0.3, 0.4) is 0 Å². The molecule has 1 aromatic carbocycles. The SMILES string of the molecule is Cc1ccnc2nc(C(=O)N(C)Cc3ccc4c(c3)OCCO4)nn12. The van der Waals surface area contributed by atoms with Gasteiger partial charge in [0.25, 0.3) is 11.7 Å². The first-order chi connectivity index (χ1) is 12.1. The van der Waals surface area contributed by atoms with E-state index in [1.807, 2.05) is 31.2 Å². The molecule has 0 radical (unpaired) electrons. The van der Waals surface area contributed by atoms with Crippen LogP contribution in [-0.2, 0) is 6.54 Å². The Bertz CT molecular complexity index is 953. The van der Waals surface area contributed by atoms with Crippen LogP contribution in [0.2, 0.25) is 0 Å². The zero-order valence-corrected chi connectivity index (χ0v) is 14.0. The van der Waals surface area contributed by atoms with Gasteiger partial charge < -0.3 is 14.4 Å². The molecule has 0 saturated carbocycles. The van der Waals surface area contributed by atoms with Crippen LogP contribution in [-0.4, -0.2) is 50.7 Å². The molecule has 25 heavy (non-hydrogen) atoms. The number of amides is 1. The van der Waals surface area contributed by atoms with Crippen molar-refractivity contribution in [2.45, 2.75) is 13.5 Å². The van der Waals surface area contributed by atoms with Crippen LogP contribution in [0.1, 0.15) is 21.9 Å². The molecule has 3 heterocycles. The Hall–Kier alpha value is -3.16. The minimum Gasteiger partial charge on any atom is -0.486 e. The zero-order chi connectivity index (χ0) is 17.4. The number of aryl methyl sites for hydroxylation is 1. The molecule has 0 atom stereocenters. The number of nitrogens with zero attached hydrogens (tertiary/aromatic N) is 5. The van der Waals surface area contributed by atoms with Crippen molar-refractivity contribution in [2.75, 3.05) is 20.3 Å². The van der Waals surface area contributed by atoms with Crippen molar-refractivity contribution in [3.63, 3.8) is 0 Å². The lowest BCUT2D eigenvalue weighted by Crippen LogP contribution is -2.27. The van der Waals surface area contributed by atoms with E-state index in [4.69, 9.17) is 9.47 Å². The van der Waals surface area contributed by atoms with E-state index < -0.39 is 0 Å². The molecular weight excluding hydrogens is 322 g/mol. The number of carbonyl (C=O) groups is 1. The second-order valence-electron chi connectivity index (χ2n) is 5.87. The van der Waals surface area contributed by atoms with E-state index in [2.05, 4.69) is 15.1 Å². The van der Waals surface area contributed by atoms with Crippen molar-refractivity contribution in [1.82, 2.24) is 24.5 Å². The molecule has 128 valence electrons. The van der Waals surface area contributed by atoms with Gasteiger partial charge in [0.2, 0.25) is 5.82 Å². The molecule has 0 aliphatic carbocycles. The first kappa shape index (κ1) is 15.4. The average Bonchev–Trinajstić information content (AvgIpc) is 3.06. The summed E-state index contributed by atoms with van der Waals surface area (Å²) in [7, 11) is 1.71. The minimum atomic E-state index is -0.264. The predicted octanol–water partition coefficient (Wildman–Crippen LogP) is 1.48. The Balaban J connectivity index is 1.54. The van der Waals surface area contributed by atoms with E-state index >= 15 is 0 Å². The van der Waals surface area contributed by atoms with Gasteiger partial charge in [-0.15, -0.1) is 5.10 Å². The Morgan fingerprint density at radius 3 is 2.84 bits per heavy atom. The number of benzene rings is 1. The maximum atomic E-state index is 12.6. The lowest BCUT2D eigenvalue weighted by Gasteiger charge is -2.20. The molecule has 0 bridgehead atoms. The van der Waals surface area contributed by atoms with Crippen molar-refractivity contribution in [3.05, 3.63) is 47.5 Å². The summed E-state index contributed by atoms with van der Waals surface area (Å²) in [6, 6.07) is 7.48. The van der Waals surface area contributed by atoms with E-state index in [9.17, 15) is 4.79 Å². The summed E-state index contributed by atoms with van der Waals surface area (Å²) in [5.74, 6) is 1.71. The topological polar surface area (TPSA) is 81.9 Å². The van der Waals surface area contributed by atoms with Gasteiger partial charge in [-0.2, -0.15) is 4.98 Å². The zero-order valence-electron chi connectivity index (χ0n) is 14.0. The number of hydrogen-bond acceptors (Lipinski definition) is 6. The molecule has 8 heteroatoms. The van der Waals surface area contributed by atoms with Crippen LogP contribution < -0.4 is 9.47 Å². The number of aromatic nitrogens is 4. The van der Waals surface area contributed by atoms with Crippen molar-refractivity contribution < 1.29 is 14.3 Å². The molecule has 4 rings (SSSR count). The highest BCUT2D eigenvalue weighted by atomic mass is 16.6. The van der Waals surface area contributed by atoms with Gasteiger partial charge in [0, 0.05) is 25.5 Å². The Morgan fingerprint density at radius 2 is 2.04 bits per heavy atom. The van der Waals surface area contributed by atoms with Gasteiger partial charge in [0.05, 0.1) is 0 Å². The van der Waals surface area contributed by atoms with E-state index in [0.717, 1.165) is 17.0 Å². The molecule has 1 aliphatic heterocycles. The monoisotopic (exact) mass is 339 g/mol. The predicted molar refractivity (Wildman–Crippen MR) is 88.7 cm³/mol. The molecule has 1 aliphatic rings. The number of fused-ring (bicyclic) bond motifs is 2. The largest absolute Gasteiger partial charge is 0.486 e. The summed E-state index contributed by atoms with van der Waals surface area (Å²) >= 11 is 0. The van der Waals surface area contributed by atoms with Gasteiger partial charge in [-0.25, -0.2) is 9.50 Å². The molecular formula is C17H17N5O3. The van der Waals surface area contributed by atoms with Gasteiger partial charge in [0.15, 0.2) is 11.5 Å². The fraction of sp³-hybridized carbons (Fsp3) is 0.294. The summed E-state index contributed by atoms with van der Waals surface area (Å²) in [6.07, 6.45) is 1.65. The van der Waals surface area contributed by atoms with Crippen LogP contribution >= 0.6 is 0 Å². The third-order valence-electron chi connectivity index (χ3n) is 3.99. The molecule has 0 fully saturated rings. The lowest BCUT2D eigenvalue weighted by molar-refractivity contribution is 0.0773. The van der Waals surface area contributed by atoms with Gasteiger partial charge in [0.1, 0.15) is 13.2 Å². The molecule has 2 aromatic heterocycles. The summed E-state index contributed by atoms with van der Waals surface area (Å²) in [6.45, 7) is 3.38. The van der Waals surface area contributed by atoms with Crippen LogP contribution in [0.15, 0.2) is 30.5 Å². The van der Waals surface area contributed by atoms with Crippen molar-refractivity contribution >= 4 is 11.7 Å². The van der Waals surface area contributed by atoms with Gasteiger partial charge in [-0.3, -0.25) is 4.79 Å². The molecule has 1 amide bonds. The molecule has 0 unspecified atom stereocenters. The maximum absolute atomic E-state index is 12.6. The Kier molecular flexibility index (Phi) is 3.72. The summed E-state index contributed by atoms with van der Waals surface area (Å²) in [5, 5.41) is 4.25. The summed E-state index contributed by atoms with van der Waals surface area (Å²) in [5.41, 5.74) is 1.81. The standard InChI is InChI=1S/C17H17N5O3/c1-11-5-6-18-17-19-15(20-22(11)17)16(23)21(2)10-12-3-4-13-14(9-12)25-8-7-24-13/h3-6,9H,7-8,10H2,1-2H3. The molecule has 0 N–H and O–H groups in total. The van der Waals surface area contributed by atoms with Gasteiger partial charge in [-0.1, -0.05) is 6.07 Å². The van der Waals surface area contributed by atoms with Crippen LogP contribution in [0.25, 0.3) is 5.78 Å². The smallest absolute Gasteiger partial charge is 0.293 e. The number of ether oxygens (including phenoxy) is 2. The Labute approximate surface area is 144 Å². The summed E-state index contributed by atoms with van der Waals surface area (Å²) in [4.78, 5) is 22.5. The van der Waals surface area contributed by atoms with Gasteiger partial charge in [-0.05, 0) is 30.7 Å². The third kappa shape index (κ3) is 2.86. The second kappa shape index (κ2) is 6.04. The van der Waals surface area contributed by atoms with E-state index in [1.165, 1.54) is 0 Å². The second-order valence-corrected chi connectivity index (χ2v) is 5.87. The van der Waals surface area contributed by atoms with E-state index in [-0.39, 0.29) is 11.7 Å². The maximum Gasteiger partial charge on any atom is 0.293 e. The molecule has 0 spiro atoms. The average molecular weight is 339 g/mol. The van der Waals surface area contributed by atoms with Crippen LogP contribution in [0, 0.1) is 6.92 Å². The summed E-state index contributed by atoms with van der Waals surface area (Å²) < 4.78 is 12.6. The highest BCUT2D eigenvalue weighted by Gasteiger charge is 2.20. The highest BCUT2D eigenvalue weighted by molar-refractivity contribution is 5.90. The molecule has 3 aromatic rings. The van der Waals surface area contributed by atoms with E-state index in [0.29, 0.717) is 31.3 Å². The quantitative estimate of drug-likeness (QED) is 0.719. The molecule has 8 nitrogen and oxygen atoms in total. The van der Waals surface area contributed by atoms with Crippen molar-refractivity contribution in [3.8, 4) is 11.5 Å². The third-order valence-corrected chi connectivity index (χ3v) is 3.99. The normalized spacial score (nSPS) is 13.0. The molecule has 0 saturated heterocycles. The number of rotatable bonds is 3. The fourth-order valence-electron chi connectivity index (χ4n) is 2.70. The van der Waals surface area contributed by atoms with Crippen LogP contribution in [0.4, 0.5) is 0 Å². The van der Waals surface area contributed by atoms with Crippen molar-refractivity contribution in [1.29, 1.82) is 0 Å². The highest BCUT2D eigenvalue weighted by Crippen LogP contribution is 2.31. The minimum absolute atomic E-state index is 0.127. The number of carbonyl (C=O) groups excluding carboxylic acids is 1. The van der Waals surface area contributed by atoms with Crippen molar-refractivity contribution in [2.24, 2.45) is 0 Å². The van der Waals surface area contributed by atoms with E-state index in [1.54, 1.807) is 22.7 Å². The first-order valence-corrected chi connectivity index (χ1v) is 7.94. The Morgan fingerprint density at radius 1 is 1.24 bits per heavy atom. The van der Waals surface area contributed by atoms with Gasteiger partial charge >= 0.3 is 0 Å². The van der Waals surface area contributed by atoms with Crippen LogP contribution in [0.5, 0.6) is 11.5 Å². The first-order valence-electron chi connectivity index (χ1n) is 7.94.